The molecule has 1 aromatic carbocycles. The minimum Gasteiger partial charge on any atom is -0.350 e. The molecule has 0 unspecified atom stereocenters. The molecule has 0 bridgehead atoms. The third-order valence-corrected chi connectivity index (χ3v) is 2.33. The maximum absolute atomic E-state index is 11.7. The molecule has 1 rings (SSSR count). The molecule has 0 aliphatic rings. The number of hydrogen-bond donors (Lipinski definition) is 2. The number of rotatable bonds is 4. The van der Waals surface area contributed by atoms with Gasteiger partial charge in [-0.15, -0.1) is 12.4 Å². The third kappa shape index (κ3) is 5.71. The molecule has 4 heteroatoms. The van der Waals surface area contributed by atoms with Gasteiger partial charge in [0, 0.05) is 17.6 Å². The zero-order valence-corrected chi connectivity index (χ0v) is 11.4. The zero-order chi connectivity index (χ0) is 12.2. The first kappa shape index (κ1) is 15.9. The maximum atomic E-state index is 11.7. The molecule has 0 radical (unpaired) electrons. The number of aryl methyl sites for hydroxylation is 1. The van der Waals surface area contributed by atoms with Crippen molar-refractivity contribution >= 4 is 18.3 Å². The molecule has 0 spiro atoms. The van der Waals surface area contributed by atoms with E-state index in [9.17, 15) is 4.79 Å². The Kier molecular flexibility index (Phi) is 6.21. The molecule has 17 heavy (non-hydrogen) atoms. The van der Waals surface area contributed by atoms with E-state index in [4.69, 9.17) is 5.73 Å². The van der Waals surface area contributed by atoms with Crippen LogP contribution < -0.4 is 11.1 Å². The van der Waals surface area contributed by atoms with Gasteiger partial charge < -0.3 is 11.1 Å². The summed E-state index contributed by atoms with van der Waals surface area (Å²) in [5, 5.41) is 2.81. The van der Waals surface area contributed by atoms with Crippen LogP contribution in [0.4, 0.5) is 0 Å². The molecule has 3 nitrogen and oxygen atoms in total. The van der Waals surface area contributed by atoms with E-state index in [1.165, 1.54) is 5.56 Å². The number of hydrogen-bond acceptors (Lipinski definition) is 2. The monoisotopic (exact) mass is 256 g/mol. The minimum atomic E-state index is -0.376. The fraction of sp³-hybridized carbons (Fsp3) is 0.462. The maximum Gasteiger partial charge on any atom is 0.251 e. The van der Waals surface area contributed by atoms with E-state index in [2.05, 4.69) is 12.2 Å². The largest absolute Gasteiger partial charge is 0.350 e. The van der Waals surface area contributed by atoms with Crippen molar-refractivity contribution in [2.24, 2.45) is 5.73 Å². The van der Waals surface area contributed by atoms with E-state index >= 15 is 0 Å². The van der Waals surface area contributed by atoms with Crippen molar-refractivity contribution in [1.82, 2.24) is 5.32 Å². The highest BCUT2D eigenvalue weighted by molar-refractivity contribution is 5.94. The van der Waals surface area contributed by atoms with Crippen LogP contribution in [0.15, 0.2) is 24.3 Å². The second kappa shape index (κ2) is 6.62. The summed E-state index contributed by atoms with van der Waals surface area (Å²) < 4.78 is 0. The molecule has 3 N–H and O–H groups in total. The van der Waals surface area contributed by atoms with Crippen LogP contribution in [0.25, 0.3) is 0 Å². The van der Waals surface area contributed by atoms with Crippen molar-refractivity contribution < 1.29 is 4.79 Å². The second-order valence-corrected chi connectivity index (χ2v) is 4.72. The number of nitrogens with one attached hydrogen (secondary N) is 1. The van der Waals surface area contributed by atoms with Crippen LogP contribution in [0.1, 0.15) is 36.7 Å². The van der Waals surface area contributed by atoms with Gasteiger partial charge >= 0.3 is 0 Å². The van der Waals surface area contributed by atoms with E-state index in [0.29, 0.717) is 12.1 Å². The Balaban J connectivity index is 0.00000256. The molecule has 0 atom stereocenters. The SMILES string of the molecule is CCc1ccc(C(=O)NCC(C)(C)N)cc1.Cl. The molecule has 0 saturated carbocycles. The molecule has 96 valence electrons. The molecule has 1 amide bonds. The van der Waals surface area contributed by atoms with Gasteiger partial charge in [0.15, 0.2) is 0 Å². The van der Waals surface area contributed by atoms with Gasteiger partial charge in [-0.25, -0.2) is 0 Å². The average molecular weight is 257 g/mol. The molecule has 0 aliphatic heterocycles. The Labute approximate surface area is 109 Å². The lowest BCUT2D eigenvalue weighted by Crippen LogP contribution is -2.45. The van der Waals surface area contributed by atoms with Crippen LogP contribution in [0.5, 0.6) is 0 Å². The number of carbonyl (C=O) groups excluding carboxylic acids is 1. The van der Waals surface area contributed by atoms with Gasteiger partial charge in [0.25, 0.3) is 5.91 Å². The predicted octanol–water partition coefficient (Wildman–Crippen LogP) is 2.14. The highest BCUT2D eigenvalue weighted by atomic mass is 35.5. The summed E-state index contributed by atoms with van der Waals surface area (Å²) in [7, 11) is 0. The Morgan fingerprint density at radius 1 is 1.29 bits per heavy atom. The summed E-state index contributed by atoms with van der Waals surface area (Å²) in [5.74, 6) is -0.0684. The van der Waals surface area contributed by atoms with Crippen LogP contribution in [-0.4, -0.2) is 18.0 Å². The second-order valence-electron chi connectivity index (χ2n) is 4.72. The van der Waals surface area contributed by atoms with Crippen LogP contribution in [-0.2, 0) is 6.42 Å². The molecule has 0 saturated heterocycles. The van der Waals surface area contributed by atoms with Crippen molar-refractivity contribution in [1.29, 1.82) is 0 Å². The number of nitrogens with two attached hydrogens (primary N) is 1. The molecular weight excluding hydrogens is 236 g/mol. The summed E-state index contributed by atoms with van der Waals surface area (Å²) in [6, 6.07) is 7.64. The lowest BCUT2D eigenvalue weighted by Gasteiger charge is -2.18. The highest BCUT2D eigenvalue weighted by Gasteiger charge is 2.12. The Morgan fingerprint density at radius 2 is 1.82 bits per heavy atom. The van der Waals surface area contributed by atoms with Crippen molar-refractivity contribution in [2.45, 2.75) is 32.7 Å². The number of benzene rings is 1. The van der Waals surface area contributed by atoms with Crippen LogP contribution >= 0.6 is 12.4 Å². The summed E-state index contributed by atoms with van der Waals surface area (Å²) in [6.07, 6.45) is 0.984. The van der Waals surface area contributed by atoms with Crippen molar-refractivity contribution in [3.8, 4) is 0 Å². The summed E-state index contributed by atoms with van der Waals surface area (Å²) in [6.45, 7) is 6.33. The van der Waals surface area contributed by atoms with Crippen LogP contribution in [0.2, 0.25) is 0 Å². The number of amides is 1. The zero-order valence-electron chi connectivity index (χ0n) is 10.6. The quantitative estimate of drug-likeness (QED) is 0.867. The van der Waals surface area contributed by atoms with Gasteiger partial charge in [0.05, 0.1) is 0 Å². The molecular formula is C13H21ClN2O. The van der Waals surface area contributed by atoms with Gasteiger partial charge in [-0.3, -0.25) is 4.79 Å². The van der Waals surface area contributed by atoms with E-state index in [1.54, 1.807) is 0 Å². The molecule has 0 aromatic heterocycles. The van der Waals surface area contributed by atoms with Gasteiger partial charge in [0.1, 0.15) is 0 Å². The highest BCUT2D eigenvalue weighted by Crippen LogP contribution is 2.05. The molecule has 0 aliphatic carbocycles. The smallest absolute Gasteiger partial charge is 0.251 e. The van der Waals surface area contributed by atoms with Crippen molar-refractivity contribution in [3.63, 3.8) is 0 Å². The first-order valence-corrected chi connectivity index (χ1v) is 5.58. The van der Waals surface area contributed by atoms with Gasteiger partial charge in [0.2, 0.25) is 0 Å². The fourth-order valence-corrected chi connectivity index (χ4v) is 1.30. The topological polar surface area (TPSA) is 55.1 Å². The normalized spacial score (nSPS) is 10.6. The van der Waals surface area contributed by atoms with Crippen molar-refractivity contribution in [2.75, 3.05) is 6.54 Å². The fourth-order valence-electron chi connectivity index (χ4n) is 1.30. The minimum absolute atomic E-state index is 0. The summed E-state index contributed by atoms with van der Waals surface area (Å²) in [5.41, 5.74) is 7.33. The molecule has 1 aromatic rings. The van der Waals surface area contributed by atoms with Gasteiger partial charge in [-0.2, -0.15) is 0 Å². The van der Waals surface area contributed by atoms with Crippen LogP contribution in [0.3, 0.4) is 0 Å². The third-order valence-electron chi connectivity index (χ3n) is 2.33. The Bertz CT molecular complexity index is 355. The van der Waals surface area contributed by atoms with E-state index < -0.39 is 0 Å². The summed E-state index contributed by atoms with van der Waals surface area (Å²) >= 11 is 0. The standard InChI is InChI=1S/C13H20N2O.ClH/c1-4-10-5-7-11(8-6-10)12(16)15-9-13(2,3)14;/h5-8H,4,9,14H2,1-3H3,(H,15,16);1H. The number of carbonyl (C=O) groups is 1. The van der Waals surface area contributed by atoms with Crippen LogP contribution in [0, 0.1) is 0 Å². The number of halogens is 1. The van der Waals surface area contributed by atoms with E-state index in [1.807, 2.05) is 38.1 Å². The van der Waals surface area contributed by atoms with Gasteiger partial charge in [-0.05, 0) is 38.0 Å². The Morgan fingerprint density at radius 3 is 2.24 bits per heavy atom. The average Bonchev–Trinajstić information content (AvgIpc) is 2.25. The molecule has 0 fully saturated rings. The molecule has 0 heterocycles. The first-order chi connectivity index (χ1) is 7.42. The predicted molar refractivity (Wildman–Crippen MR) is 73.7 cm³/mol. The van der Waals surface area contributed by atoms with E-state index in [-0.39, 0.29) is 23.9 Å². The lowest BCUT2D eigenvalue weighted by atomic mass is 10.1. The van der Waals surface area contributed by atoms with Crippen molar-refractivity contribution in [3.05, 3.63) is 35.4 Å². The van der Waals surface area contributed by atoms with E-state index in [0.717, 1.165) is 6.42 Å². The summed E-state index contributed by atoms with van der Waals surface area (Å²) in [4.78, 5) is 11.7. The first-order valence-electron chi connectivity index (χ1n) is 5.58. The lowest BCUT2D eigenvalue weighted by molar-refractivity contribution is 0.0946. The Hall–Kier alpha value is -1.06. The van der Waals surface area contributed by atoms with Gasteiger partial charge in [-0.1, -0.05) is 19.1 Å².